The van der Waals surface area contributed by atoms with E-state index in [1.54, 1.807) is 0 Å². The molecule has 1 aromatic carbocycles. The highest BCUT2D eigenvalue weighted by Crippen LogP contribution is 2.21. The molecule has 0 radical (unpaired) electrons. The first-order valence-corrected chi connectivity index (χ1v) is 9.42. The lowest BCUT2D eigenvalue weighted by Gasteiger charge is -2.30. The summed E-state index contributed by atoms with van der Waals surface area (Å²) in [5.74, 6) is 1.26. The van der Waals surface area contributed by atoms with Crippen molar-refractivity contribution in [3.63, 3.8) is 0 Å². The number of aliphatic hydroxyl groups is 1. The zero-order valence-corrected chi connectivity index (χ0v) is 15.4. The van der Waals surface area contributed by atoms with Crippen molar-refractivity contribution >= 4 is 5.91 Å². The summed E-state index contributed by atoms with van der Waals surface area (Å²) in [5.41, 5.74) is 0.641. The predicted octanol–water partition coefficient (Wildman–Crippen LogP) is 3.12. The number of hydrogen-bond acceptors (Lipinski definition) is 4. The first-order chi connectivity index (χ1) is 12.2. The van der Waals surface area contributed by atoms with Crippen molar-refractivity contribution in [1.82, 2.24) is 4.90 Å². The average Bonchev–Trinajstić information content (AvgIpc) is 2.67. The molecule has 1 aromatic rings. The predicted molar refractivity (Wildman–Crippen MR) is 98.0 cm³/mol. The van der Waals surface area contributed by atoms with Crippen LogP contribution in [0.25, 0.3) is 0 Å². The quantitative estimate of drug-likeness (QED) is 0.744. The van der Waals surface area contributed by atoms with Gasteiger partial charge in [0, 0.05) is 38.0 Å². The third-order valence-electron chi connectivity index (χ3n) is 4.88. The van der Waals surface area contributed by atoms with Crippen molar-refractivity contribution < 1.29 is 19.4 Å². The lowest BCUT2D eigenvalue weighted by Crippen LogP contribution is -2.40. The van der Waals surface area contributed by atoms with Crippen molar-refractivity contribution in [2.75, 3.05) is 33.0 Å². The number of carbonyl (C=O) groups excluding carboxylic acids is 1. The molecular weight excluding hydrogens is 318 g/mol. The fourth-order valence-electron chi connectivity index (χ4n) is 3.31. The van der Waals surface area contributed by atoms with E-state index in [0.29, 0.717) is 31.1 Å². The van der Waals surface area contributed by atoms with Crippen LogP contribution in [0, 0.1) is 5.92 Å². The summed E-state index contributed by atoms with van der Waals surface area (Å²) >= 11 is 0. The molecule has 140 valence electrons. The van der Waals surface area contributed by atoms with Gasteiger partial charge in [-0.1, -0.05) is 13.0 Å². The topological polar surface area (TPSA) is 59.0 Å². The molecule has 1 unspecified atom stereocenters. The lowest BCUT2D eigenvalue weighted by molar-refractivity contribution is 0.0497. The second kappa shape index (κ2) is 10.4. The highest BCUT2D eigenvalue weighted by molar-refractivity contribution is 5.94. The molecule has 2 rings (SSSR count). The Morgan fingerprint density at radius 3 is 2.76 bits per heavy atom. The number of hydrogen-bond donors (Lipinski definition) is 1. The Bertz CT molecular complexity index is 528. The number of benzene rings is 1. The number of carbonyl (C=O) groups is 1. The van der Waals surface area contributed by atoms with Crippen LogP contribution in [0.1, 0.15) is 49.9 Å². The van der Waals surface area contributed by atoms with E-state index in [0.717, 1.165) is 38.2 Å². The van der Waals surface area contributed by atoms with Gasteiger partial charge in [-0.25, -0.2) is 0 Å². The number of amides is 1. The van der Waals surface area contributed by atoms with Crippen molar-refractivity contribution in [3.05, 3.63) is 29.8 Å². The molecule has 1 fully saturated rings. The SMILES string of the molecule is CCC(CCO)N(CC)C(=O)c1cccc(OCC2CCOCC2)c1. The Morgan fingerprint density at radius 2 is 2.12 bits per heavy atom. The molecular formula is C20H31NO4. The van der Waals surface area contributed by atoms with Crippen molar-refractivity contribution in [2.24, 2.45) is 5.92 Å². The van der Waals surface area contributed by atoms with Crippen LogP contribution in [0.2, 0.25) is 0 Å². The highest BCUT2D eigenvalue weighted by atomic mass is 16.5. The van der Waals surface area contributed by atoms with Crippen LogP contribution >= 0.6 is 0 Å². The summed E-state index contributed by atoms with van der Waals surface area (Å²) in [4.78, 5) is 14.7. The zero-order chi connectivity index (χ0) is 18.1. The van der Waals surface area contributed by atoms with Gasteiger partial charge in [0.25, 0.3) is 5.91 Å². The molecule has 1 heterocycles. The smallest absolute Gasteiger partial charge is 0.254 e. The number of aliphatic hydroxyl groups excluding tert-OH is 1. The van der Waals surface area contributed by atoms with E-state index >= 15 is 0 Å². The van der Waals surface area contributed by atoms with Crippen LogP contribution in [0.5, 0.6) is 5.75 Å². The molecule has 5 heteroatoms. The van der Waals surface area contributed by atoms with Gasteiger partial charge in [0.15, 0.2) is 0 Å². The molecule has 25 heavy (non-hydrogen) atoms. The number of ether oxygens (including phenoxy) is 2. The summed E-state index contributed by atoms with van der Waals surface area (Å²) in [6.07, 6.45) is 3.50. The number of rotatable bonds is 9. The van der Waals surface area contributed by atoms with Crippen LogP contribution < -0.4 is 4.74 Å². The second-order valence-corrected chi connectivity index (χ2v) is 6.56. The minimum atomic E-state index is -0.000633. The average molecular weight is 349 g/mol. The molecule has 1 saturated heterocycles. The van der Waals surface area contributed by atoms with Gasteiger partial charge in [-0.2, -0.15) is 0 Å². The van der Waals surface area contributed by atoms with Gasteiger partial charge in [-0.3, -0.25) is 4.79 Å². The van der Waals surface area contributed by atoms with Gasteiger partial charge >= 0.3 is 0 Å². The Hall–Kier alpha value is -1.59. The fraction of sp³-hybridized carbons (Fsp3) is 0.650. The van der Waals surface area contributed by atoms with Crippen molar-refractivity contribution in [1.29, 1.82) is 0 Å². The van der Waals surface area contributed by atoms with E-state index in [9.17, 15) is 9.90 Å². The van der Waals surface area contributed by atoms with Gasteiger partial charge in [0.2, 0.25) is 0 Å². The number of nitrogens with zero attached hydrogens (tertiary/aromatic N) is 1. The summed E-state index contributed by atoms with van der Waals surface area (Å²) in [7, 11) is 0. The first-order valence-electron chi connectivity index (χ1n) is 9.42. The van der Waals surface area contributed by atoms with Crippen LogP contribution in [-0.2, 0) is 4.74 Å². The minimum Gasteiger partial charge on any atom is -0.493 e. The summed E-state index contributed by atoms with van der Waals surface area (Å²) < 4.78 is 11.3. The third kappa shape index (κ3) is 5.72. The van der Waals surface area contributed by atoms with Crippen LogP contribution in [-0.4, -0.2) is 54.9 Å². The molecule has 1 aliphatic heterocycles. The van der Waals surface area contributed by atoms with Gasteiger partial charge < -0.3 is 19.5 Å². The first kappa shape index (κ1) is 19.7. The molecule has 1 N–H and O–H groups in total. The zero-order valence-electron chi connectivity index (χ0n) is 15.4. The molecule has 1 atom stereocenters. The summed E-state index contributed by atoms with van der Waals surface area (Å²) in [6.45, 7) is 7.03. The van der Waals surface area contributed by atoms with Gasteiger partial charge in [-0.15, -0.1) is 0 Å². The van der Waals surface area contributed by atoms with Crippen LogP contribution in [0.4, 0.5) is 0 Å². The van der Waals surface area contributed by atoms with E-state index in [-0.39, 0.29) is 18.6 Å². The highest BCUT2D eigenvalue weighted by Gasteiger charge is 2.22. The Labute approximate surface area is 150 Å². The Morgan fingerprint density at radius 1 is 1.36 bits per heavy atom. The molecule has 1 aliphatic rings. The molecule has 0 saturated carbocycles. The van der Waals surface area contributed by atoms with Crippen molar-refractivity contribution in [3.8, 4) is 5.75 Å². The van der Waals surface area contributed by atoms with Crippen molar-refractivity contribution in [2.45, 2.75) is 45.6 Å². The van der Waals surface area contributed by atoms with Gasteiger partial charge in [-0.05, 0) is 56.7 Å². The molecule has 1 amide bonds. The van der Waals surface area contributed by atoms with E-state index in [1.807, 2.05) is 43.0 Å². The Balaban J connectivity index is 2.01. The monoisotopic (exact) mass is 349 g/mol. The Kier molecular flexibility index (Phi) is 8.22. The molecule has 0 aliphatic carbocycles. The van der Waals surface area contributed by atoms with Crippen LogP contribution in [0.3, 0.4) is 0 Å². The fourth-order valence-corrected chi connectivity index (χ4v) is 3.31. The van der Waals surface area contributed by atoms with E-state index in [4.69, 9.17) is 9.47 Å². The van der Waals surface area contributed by atoms with E-state index in [1.165, 1.54) is 0 Å². The summed E-state index contributed by atoms with van der Waals surface area (Å²) in [6, 6.07) is 7.49. The van der Waals surface area contributed by atoms with E-state index in [2.05, 4.69) is 0 Å². The molecule has 0 aromatic heterocycles. The largest absolute Gasteiger partial charge is 0.493 e. The maximum absolute atomic E-state index is 12.9. The molecule has 0 spiro atoms. The van der Waals surface area contributed by atoms with Gasteiger partial charge in [0.05, 0.1) is 6.61 Å². The molecule has 0 bridgehead atoms. The lowest BCUT2D eigenvalue weighted by atomic mass is 10.0. The normalized spacial score (nSPS) is 16.4. The maximum atomic E-state index is 12.9. The maximum Gasteiger partial charge on any atom is 0.254 e. The van der Waals surface area contributed by atoms with E-state index < -0.39 is 0 Å². The summed E-state index contributed by atoms with van der Waals surface area (Å²) in [5, 5.41) is 9.24. The third-order valence-corrected chi connectivity index (χ3v) is 4.88. The minimum absolute atomic E-state index is 0.000633. The van der Waals surface area contributed by atoms with Crippen LogP contribution in [0.15, 0.2) is 24.3 Å². The van der Waals surface area contributed by atoms with Gasteiger partial charge in [0.1, 0.15) is 5.75 Å². The standard InChI is InChI=1S/C20H31NO4/c1-3-18(8-11-22)21(4-2)20(23)17-6-5-7-19(14-17)25-15-16-9-12-24-13-10-16/h5-7,14,16,18,22H,3-4,8-13,15H2,1-2H3. The molecule has 5 nitrogen and oxygen atoms in total. The second-order valence-electron chi connectivity index (χ2n) is 6.56.